The predicted molar refractivity (Wildman–Crippen MR) is 81.3 cm³/mol. The van der Waals surface area contributed by atoms with Crippen LogP contribution in [-0.2, 0) is 0 Å². The minimum Gasteiger partial charge on any atom is -0.490 e. The van der Waals surface area contributed by atoms with E-state index in [-0.39, 0.29) is 6.04 Å². The molecule has 2 N–H and O–H groups in total. The van der Waals surface area contributed by atoms with E-state index < -0.39 is 0 Å². The number of hydrogen-bond acceptors (Lipinski definition) is 2. The zero-order valence-electron chi connectivity index (χ0n) is 11.3. The predicted octanol–water partition coefficient (Wildman–Crippen LogP) is 4.57. The summed E-state index contributed by atoms with van der Waals surface area (Å²) in [5.74, 6) is 1.84. The Morgan fingerprint density at radius 3 is 2.79 bits per heavy atom. The Morgan fingerprint density at radius 1 is 1.21 bits per heavy atom. The minimum atomic E-state index is 0.120. The van der Waals surface area contributed by atoms with Crippen LogP contribution in [0.1, 0.15) is 56.6 Å². The lowest BCUT2D eigenvalue weighted by atomic mass is 9.83. The molecule has 3 rings (SSSR count). The van der Waals surface area contributed by atoms with Crippen LogP contribution in [0.25, 0.3) is 0 Å². The number of nitrogens with two attached hydrogens (primary N) is 1. The average Bonchev–Trinajstić information content (AvgIpc) is 2.41. The fraction of sp³-hybridized carbons (Fsp3) is 0.625. The third-order valence-electron chi connectivity index (χ3n) is 4.50. The molecular formula is C16H22BrNO. The molecule has 1 aliphatic carbocycles. The fourth-order valence-corrected chi connectivity index (χ4v) is 3.87. The molecule has 0 bridgehead atoms. The highest BCUT2D eigenvalue weighted by Crippen LogP contribution is 2.38. The van der Waals surface area contributed by atoms with Crippen LogP contribution in [0.4, 0.5) is 0 Å². The van der Waals surface area contributed by atoms with Gasteiger partial charge in [-0.15, -0.1) is 0 Å². The van der Waals surface area contributed by atoms with Crippen molar-refractivity contribution in [1.29, 1.82) is 0 Å². The van der Waals surface area contributed by atoms with Crippen molar-refractivity contribution in [1.82, 2.24) is 0 Å². The SMILES string of the molecule is N[C@@H]1CC(CC2CCCCC2)Oc2ccc(Br)cc21. The number of rotatable bonds is 2. The molecule has 0 saturated heterocycles. The van der Waals surface area contributed by atoms with E-state index in [2.05, 4.69) is 22.0 Å². The molecule has 0 spiro atoms. The molecule has 104 valence electrons. The molecule has 1 saturated carbocycles. The van der Waals surface area contributed by atoms with Crippen LogP contribution in [0.15, 0.2) is 22.7 Å². The summed E-state index contributed by atoms with van der Waals surface area (Å²) in [6.45, 7) is 0. The smallest absolute Gasteiger partial charge is 0.124 e. The molecule has 2 nitrogen and oxygen atoms in total. The maximum Gasteiger partial charge on any atom is 0.124 e. The molecule has 1 aromatic rings. The van der Waals surface area contributed by atoms with Crippen LogP contribution in [0, 0.1) is 5.92 Å². The van der Waals surface area contributed by atoms with Gasteiger partial charge in [0.15, 0.2) is 0 Å². The van der Waals surface area contributed by atoms with Crippen LogP contribution >= 0.6 is 15.9 Å². The molecule has 1 unspecified atom stereocenters. The lowest BCUT2D eigenvalue weighted by Gasteiger charge is -2.33. The van der Waals surface area contributed by atoms with Gasteiger partial charge in [0, 0.05) is 22.5 Å². The van der Waals surface area contributed by atoms with Crippen LogP contribution in [0.2, 0.25) is 0 Å². The van der Waals surface area contributed by atoms with E-state index >= 15 is 0 Å². The van der Waals surface area contributed by atoms with Gasteiger partial charge in [-0.3, -0.25) is 0 Å². The lowest BCUT2D eigenvalue weighted by Crippen LogP contribution is -2.31. The number of benzene rings is 1. The standard InChI is InChI=1S/C16H22BrNO/c17-12-6-7-16-14(9-12)15(18)10-13(19-16)8-11-4-2-1-3-5-11/h6-7,9,11,13,15H,1-5,8,10,18H2/t13?,15-/m1/s1. The summed E-state index contributed by atoms with van der Waals surface area (Å²) in [5.41, 5.74) is 7.46. The van der Waals surface area contributed by atoms with Gasteiger partial charge in [0.1, 0.15) is 11.9 Å². The Morgan fingerprint density at radius 2 is 2.00 bits per heavy atom. The summed E-state index contributed by atoms with van der Waals surface area (Å²) < 4.78 is 7.24. The van der Waals surface area contributed by atoms with Gasteiger partial charge in [0.2, 0.25) is 0 Å². The first-order valence-electron chi connectivity index (χ1n) is 7.44. The van der Waals surface area contributed by atoms with E-state index in [1.165, 1.54) is 38.5 Å². The molecule has 0 aromatic heterocycles. The highest BCUT2D eigenvalue weighted by molar-refractivity contribution is 9.10. The zero-order chi connectivity index (χ0) is 13.2. The van der Waals surface area contributed by atoms with E-state index in [0.29, 0.717) is 6.10 Å². The first-order valence-corrected chi connectivity index (χ1v) is 8.23. The van der Waals surface area contributed by atoms with Crippen molar-refractivity contribution in [3.8, 4) is 5.75 Å². The molecule has 0 amide bonds. The van der Waals surface area contributed by atoms with Crippen LogP contribution < -0.4 is 10.5 Å². The molecule has 0 radical (unpaired) electrons. The van der Waals surface area contributed by atoms with Crippen LogP contribution in [0.3, 0.4) is 0 Å². The molecule has 3 heteroatoms. The third kappa shape index (κ3) is 3.14. The van der Waals surface area contributed by atoms with Crippen molar-refractivity contribution in [2.45, 2.75) is 57.1 Å². The average molecular weight is 324 g/mol. The first-order chi connectivity index (χ1) is 9.22. The zero-order valence-corrected chi connectivity index (χ0v) is 12.9. The van der Waals surface area contributed by atoms with Crippen molar-refractivity contribution in [3.63, 3.8) is 0 Å². The summed E-state index contributed by atoms with van der Waals surface area (Å²) >= 11 is 3.50. The number of halogens is 1. The van der Waals surface area contributed by atoms with E-state index in [0.717, 1.165) is 28.1 Å². The van der Waals surface area contributed by atoms with Crippen molar-refractivity contribution >= 4 is 15.9 Å². The van der Waals surface area contributed by atoms with Gasteiger partial charge < -0.3 is 10.5 Å². The van der Waals surface area contributed by atoms with E-state index in [9.17, 15) is 0 Å². The Bertz CT molecular complexity index is 442. The Kier molecular flexibility index (Phi) is 4.13. The highest BCUT2D eigenvalue weighted by Gasteiger charge is 2.28. The maximum atomic E-state index is 6.31. The summed E-state index contributed by atoms with van der Waals surface area (Å²) in [6, 6.07) is 6.30. The van der Waals surface area contributed by atoms with Gasteiger partial charge in [0.05, 0.1) is 0 Å². The molecule has 1 aliphatic heterocycles. The van der Waals surface area contributed by atoms with Crippen molar-refractivity contribution in [3.05, 3.63) is 28.2 Å². The Hall–Kier alpha value is -0.540. The van der Waals surface area contributed by atoms with Gasteiger partial charge in [0.25, 0.3) is 0 Å². The van der Waals surface area contributed by atoms with Crippen LogP contribution in [0.5, 0.6) is 5.75 Å². The summed E-state index contributed by atoms with van der Waals surface area (Å²) in [4.78, 5) is 0. The third-order valence-corrected chi connectivity index (χ3v) is 5.00. The Labute approximate surface area is 123 Å². The second kappa shape index (κ2) is 5.84. The summed E-state index contributed by atoms with van der Waals surface area (Å²) in [7, 11) is 0. The van der Waals surface area contributed by atoms with Crippen LogP contribution in [-0.4, -0.2) is 6.10 Å². The van der Waals surface area contributed by atoms with Crippen molar-refractivity contribution in [2.75, 3.05) is 0 Å². The van der Waals surface area contributed by atoms with Gasteiger partial charge in [-0.1, -0.05) is 48.0 Å². The molecule has 2 aliphatic rings. The second-order valence-electron chi connectivity index (χ2n) is 6.00. The largest absolute Gasteiger partial charge is 0.490 e. The number of hydrogen-bond donors (Lipinski definition) is 1. The highest BCUT2D eigenvalue weighted by atomic mass is 79.9. The minimum absolute atomic E-state index is 0.120. The molecule has 19 heavy (non-hydrogen) atoms. The van der Waals surface area contributed by atoms with Gasteiger partial charge in [-0.25, -0.2) is 0 Å². The maximum absolute atomic E-state index is 6.31. The van der Waals surface area contributed by atoms with Crippen molar-refractivity contribution < 1.29 is 4.74 Å². The summed E-state index contributed by atoms with van der Waals surface area (Å²) in [6.07, 6.45) is 9.42. The molecule has 2 atom stereocenters. The van der Waals surface area contributed by atoms with Gasteiger partial charge in [-0.2, -0.15) is 0 Å². The topological polar surface area (TPSA) is 35.2 Å². The van der Waals surface area contributed by atoms with Crippen molar-refractivity contribution in [2.24, 2.45) is 11.7 Å². The fourth-order valence-electron chi connectivity index (χ4n) is 3.49. The number of ether oxygens (including phenoxy) is 1. The quantitative estimate of drug-likeness (QED) is 0.865. The lowest BCUT2D eigenvalue weighted by molar-refractivity contribution is 0.120. The molecule has 1 aromatic carbocycles. The monoisotopic (exact) mass is 323 g/mol. The molecule has 1 heterocycles. The second-order valence-corrected chi connectivity index (χ2v) is 6.92. The Balaban J connectivity index is 1.68. The first kappa shape index (κ1) is 13.4. The van der Waals surface area contributed by atoms with E-state index in [4.69, 9.17) is 10.5 Å². The molecular weight excluding hydrogens is 302 g/mol. The van der Waals surface area contributed by atoms with E-state index in [1.807, 2.05) is 12.1 Å². The summed E-state index contributed by atoms with van der Waals surface area (Å²) in [5, 5.41) is 0. The van der Waals surface area contributed by atoms with Gasteiger partial charge in [-0.05, 0) is 30.5 Å². The normalized spacial score (nSPS) is 27.7. The molecule has 1 fully saturated rings. The van der Waals surface area contributed by atoms with Gasteiger partial charge >= 0.3 is 0 Å². The number of fused-ring (bicyclic) bond motifs is 1. The van der Waals surface area contributed by atoms with E-state index in [1.54, 1.807) is 0 Å².